The van der Waals surface area contributed by atoms with Gasteiger partial charge in [-0.05, 0) is 11.1 Å². The van der Waals surface area contributed by atoms with Gasteiger partial charge in [0.2, 0.25) is 0 Å². The standard InChI is InChI=1S/C12H20N2O4/c13-11(5-15,6-16)9-1-2-10(4-3-9)12(14,7-17)8-18/h1-4,15-18H,5-8,13-14H2. The molecule has 0 aliphatic carbocycles. The lowest BCUT2D eigenvalue weighted by Crippen LogP contribution is -2.45. The molecule has 6 nitrogen and oxygen atoms in total. The highest BCUT2D eigenvalue weighted by atomic mass is 16.3. The Kier molecular flexibility index (Phi) is 4.80. The van der Waals surface area contributed by atoms with Crippen LogP contribution in [0.2, 0.25) is 0 Å². The fourth-order valence-corrected chi connectivity index (χ4v) is 1.60. The molecule has 0 aliphatic rings. The minimum Gasteiger partial charge on any atom is -0.394 e. The normalized spacial score (nSPS) is 12.8. The van der Waals surface area contributed by atoms with Gasteiger partial charge >= 0.3 is 0 Å². The van der Waals surface area contributed by atoms with Gasteiger partial charge in [-0.15, -0.1) is 0 Å². The number of aliphatic hydroxyl groups is 4. The van der Waals surface area contributed by atoms with Gasteiger partial charge in [-0.1, -0.05) is 24.3 Å². The lowest BCUT2D eigenvalue weighted by molar-refractivity contribution is 0.118. The van der Waals surface area contributed by atoms with Gasteiger partial charge in [0.25, 0.3) is 0 Å². The second-order valence-electron chi connectivity index (χ2n) is 4.52. The molecule has 6 heteroatoms. The highest BCUT2D eigenvalue weighted by Crippen LogP contribution is 2.22. The highest BCUT2D eigenvalue weighted by molar-refractivity contribution is 5.32. The number of benzene rings is 1. The molecule has 1 aromatic carbocycles. The predicted molar refractivity (Wildman–Crippen MR) is 66.5 cm³/mol. The summed E-state index contributed by atoms with van der Waals surface area (Å²) >= 11 is 0. The summed E-state index contributed by atoms with van der Waals surface area (Å²) in [7, 11) is 0. The maximum absolute atomic E-state index is 9.17. The molecule has 18 heavy (non-hydrogen) atoms. The van der Waals surface area contributed by atoms with Crippen molar-refractivity contribution in [2.75, 3.05) is 26.4 Å². The highest BCUT2D eigenvalue weighted by Gasteiger charge is 2.28. The van der Waals surface area contributed by atoms with Gasteiger partial charge in [0.1, 0.15) is 0 Å². The molecule has 1 rings (SSSR count). The first-order chi connectivity index (χ1) is 8.45. The van der Waals surface area contributed by atoms with E-state index in [-0.39, 0.29) is 0 Å². The molecule has 0 aromatic heterocycles. The number of nitrogens with two attached hydrogens (primary N) is 2. The summed E-state index contributed by atoms with van der Waals surface area (Å²) in [5.41, 5.74) is 10.3. The Bertz CT molecular complexity index is 335. The lowest BCUT2D eigenvalue weighted by atomic mass is 9.87. The van der Waals surface area contributed by atoms with Crippen molar-refractivity contribution < 1.29 is 20.4 Å². The molecule has 0 aliphatic heterocycles. The van der Waals surface area contributed by atoms with Crippen molar-refractivity contribution in [3.8, 4) is 0 Å². The molecule has 0 saturated carbocycles. The van der Waals surface area contributed by atoms with Crippen LogP contribution in [0, 0.1) is 0 Å². The molecule has 0 unspecified atom stereocenters. The summed E-state index contributed by atoms with van der Waals surface area (Å²) in [6.45, 7) is -1.57. The molecule has 0 atom stereocenters. The molecular weight excluding hydrogens is 236 g/mol. The average Bonchev–Trinajstić information content (AvgIpc) is 2.45. The first-order valence-electron chi connectivity index (χ1n) is 5.58. The van der Waals surface area contributed by atoms with Gasteiger partial charge in [0.15, 0.2) is 0 Å². The topological polar surface area (TPSA) is 133 Å². The van der Waals surface area contributed by atoms with Crippen LogP contribution in [0.1, 0.15) is 11.1 Å². The first kappa shape index (κ1) is 15.0. The molecule has 0 heterocycles. The largest absolute Gasteiger partial charge is 0.394 e. The molecular formula is C12H20N2O4. The Morgan fingerprint density at radius 2 is 0.889 bits per heavy atom. The minimum absolute atomic E-state index is 0.392. The molecule has 1 aromatic rings. The minimum atomic E-state index is -1.21. The summed E-state index contributed by atoms with van der Waals surface area (Å²) in [5.74, 6) is 0. The second kappa shape index (κ2) is 5.75. The van der Waals surface area contributed by atoms with Crippen LogP contribution >= 0.6 is 0 Å². The molecule has 0 fully saturated rings. The molecule has 8 N–H and O–H groups in total. The Labute approximate surface area is 105 Å². The summed E-state index contributed by atoms with van der Waals surface area (Å²) in [6, 6.07) is 6.42. The maximum Gasteiger partial charge on any atom is 0.0878 e. The summed E-state index contributed by atoms with van der Waals surface area (Å²) in [5, 5.41) is 36.7. The van der Waals surface area contributed by atoms with Crippen LogP contribution < -0.4 is 11.5 Å². The summed E-state index contributed by atoms with van der Waals surface area (Å²) < 4.78 is 0. The van der Waals surface area contributed by atoms with Crippen molar-refractivity contribution in [2.45, 2.75) is 11.1 Å². The van der Waals surface area contributed by atoms with E-state index in [4.69, 9.17) is 11.5 Å². The van der Waals surface area contributed by atoms with Crippen LogP contribution in [0.4, 0.5) is 0 Å². The van der Waals surface area contributed by atoms with E-state index < -0.39 is 37.5 Å². The smallest absolute Gasteiger partial charge is 0.0878 e. The van der Waals surface area contributed by atoms with Crippen molar-refractivity contribution in [1.82, 2.24) is 0 Å². The van der Waals surface area contributed by atoms with E-state index in [2.05, 4.69) is 0 Å². The molecule has 0 saturated heterocycles. The molecule has 0 radical (unpaired) electrons. The van der Waals surface area contributed by atoms with Crippen LogP contribution in [0.5, 0.6) is 0 Å². The maximum atomic E-state index is 9.17. The summed E-state index contributed by atoms with van der Waals surface area (Å²) in [4.78, 5) is 0. The second-order valence-corrected chi connectivity index (χ2v) is 4.52. The van der Waals surface area contributed by atoms with Crippen molar-refractivity contribution in [2.24, 2.45) is 11.5 Å². The molecule has 0 spiro atoms. The van der Waals surface area contributed by atoms with Crippen LogP contribution in [0.3, 0.4) is 0 Å². The van der Waals surface area contributed by atoms with Gasteiger partial charge in [-0.2, -0.15) is 0 Å². The zero-order chi connectivity index (χ0) is 13.8. The number of aliphatic hydroxyl groups excluding tert-OH is 4. The quantitative estimate of drug-likeness (QED) is 0.347. The van der Waals surface area contributed by atoms with Gasteiger partial charge in [-0.3, -0.25) is 0 Å². The third kappa shape index (κ3) is 2.69. The SMILES string of the molecule is NC(CO)(CO)c1ccc(C(N)(CO)CO)cc1. The van der Waals surface area contributed by atoms with Gasteiger partial charge < -0.3 is 31.9 Å². The summed E-state index contributed by atoms with van der Waals surface area (Å²) in [6.07, 6.45) is 0. The fourth-order valence-electron chi connectivity index (χ4n) is 1.60. The third-order valence-corrected chi connectivity index (χ3v) is 3.16. The van der Waals surface area contributed by atoms with Gasteiger partial charge in [0.05, 0.1) is 37.5 Å². The predicted octanol–water partition coefficient (Wildman–Crippen LogP) is -2.04. The zero-order valence-corrected chi connectivity index (χ0v) is 10.1. The van der Waals surface area contributed by atoms with Gasteiger partial charge in [0, 0.05) is 0 Å². The van der Waals surface area contributed by atoms with E-state index in [1.54, 1.807) is 24.3 Å². The number of hydrogen-bond donors (Lipinski definition) is 6. The molecule has 102 valence electrons. The Hall–Kier alpha value is -1.02. The Balaban J connectivity index is 3.06. The van der Waals surface area contributed by atoms with Crippen molar-refractivity contribution >= 4 is 0 Å². The van der Waals surface area contributed by atoms with Crippen LogP contribution in [0.15, 0.2) is 24.3 Å². The number of hydrogen-bond acceptors (Lipinski definition) is 6. The van der Waals surface area contributed by atoms with E-state index >= 15 is 0 Å². The zero-order valence-electron chi connectivity index (χ0n) is 10.1. The van der Waals surface area contributed by atoms with Crippen molar-refractivity contribution in [3.05, 3.63) is 35.4 Å². The van der Waals surface area contributed by atoms with Crippen LogP contribution in [-0.2, 0) is 11.1 Å². The Morgan fingerprint density at radius 3 is 1.06 bits per heavy atom. The van der Waals surface area contributed by atoms with Crippen LogP contribution in [-0.4, -0.2) is 46.9 Å². The fraction of sp³-hybridized carbons (Fsp3) is 0.500. The molecule has 0 bridgehead atoms. The monoisotopic (exact) mass is 256 g/mol. The third-order valence-electron chi connectivity index (χ3n) is 3.16. The number of rotatable bonds is 6. The average molecular weight is 256 g/mol. The van der Waals surface area contributed by atoms with Crippen LogP contribution in [0.25, 0.3) is 0 Å². The van der Waals surface area contributed by atoms with Crippen molar-refractivity contribution in [1.29, 1.82) is 0 Å². The van der Waals surface area contributed by atoms with E-state index in [0.717, 1.165) is 0 Å². The molecule has 0 amide bonds. The van der Waals surface area contributed by atoms with E-state index in [0.29, 0.717) is 11.1 Å². The van der Waals surface area contributed by atoms with E-state index in [1.165, 1.54) is 0 Å². The first-order valence-corrected chi connectivity index (χ1v) is 5.58. The Morgan fingerprint density at radius 1 is 0.667 bits per heavy atom. The van der Waals surface area contributed by atoms with Crippen molar-refractivity contribution in [3.63, 3.8) is 0 Å². The lowest BCUT2D eigenvalue weighted by Gasteiger charge is -2.28. The van der Waals surface area contributed by atoms with E-state index in [9.17, 15) is 20.4 Å². The van der Waals surface area contributed by atoms with Gasteiger partial charge in [-0.25, -0.2) is 0 Å². The van der Waals surface area contributed by atoms with E-state index in [1.807, 2.05) is 0 Å².